The standard InChI is InChI=1S/C26H31N3O4/c1-18(2)33-22-10-8-21(9-11-22)29-25(31)23(20-6-4-19(3)5-7-20)24(26(29)32)28-14-12-27(13-15-28)16-17-30/h4-11,18,30H,12-17H2,1-3H3. The van der Waals surface area contributed by atoms with Crippen molar-refractivity contribution >= 4 is 23.1 Å². The predicted octanol–water partition coefficient (Wildman–Crippen LogP) is 2.68. The highest BCUT2D eigenvalue weighted by Gasteiger charge is 2.43. The van der Waals surface area contributed by atoms with Gasteiger partial charge in [-0.05, 0) is 50.6 Å². The van der Waals surface area contributed by atoms with E-state index in [9.17, 15) is 14.7 Å². The zero-order chi connectivity index (χ0) is 23.5. The molecule has 0 aliphatic carbocycles. The maximum atomic E-state index is 13.7. The number of hydrogen-bond donors (Lipinski definition) is 1. The molecule has 0 aromatic heterocycles. The number of rotatable bonds is 7. The number of hydrogen-bond acceptors (Lipinski definition) is 6. The molecular formula is C26H31N3O4. The van der Waals surface area contributed by atoms with Gasteiger partial charge in [0.15, 0.2) is 0 Å². The minimum atomic E-state index is -0.311. The van der Waals surface area contributed by atoms with Crippen LogP contribution in [0.25, 0.3) is 5.57 Å². The fourth-order valence-corrected chi connectivity index (χ4v) is 4.31. The summed E-state index contributed by atoms with van der Waals surface area (Å²) >= 11 is 0. The molecule has 0 bridgehead atoms. The van der Waals surface area contributed by atoms with Crippen molar-refractivity contribution in [1.29, 1.82) is 0 Å². The highest BCUT2D eigenvalue weighted by molar-refractivity contribution is 6.45. The Morgan fingerprint density at radius 1 is 0.909 bits per heavy atom. The Bertz CT molecular complexity index is 1040. The molecule has 2 amide bonds. The zero-order valence-corrected chi connectivity index (χ0v) is 19.5. The van der Waals surface area contributed by atoms with Crippen molar-refractivity contribution in [3.8, 4) is 5.75 Å². The fourth-order valence-electron chi connectivity index (χ4n) is 4.31. The molecule has 1 fully saturated rings. The minimum absolute atomic E-state index is 0.0387. The molecule has 0 radical (unpaired) electrons. The first-order valence-corrected chi connectivity index (χ1v) is 11.4. The summed E-state index contributed by atoms with van der Waals surface area (Å²) in [7, 11) is 0. The molecule has 0 unspecified atom stereocenters. The van der Waals surface area contributed by atoms with Crippen LogP contribution in [0.1, 0.15) is 25.0 Å². The summed E-state index contributed by atoms with van der Waals surface area (Å²) in [6.45, 7) is 9.33. The molecule has 2 aromatic carbocycles. The van der Waals surface area contributed by atoms with Crippen molar-refractivity contribution in [3.05, 3.63) is 65.4 Å². The van der Waals surface area contributed by atoms with E-state index in [0.29, 0.717) is 42.3 Å². The van der Waals surface area contributed by atoms with Gasteiger partial charge in [-0.25, -0.2) is 4.90 Å². The largest absolute Gasteiger partial charge is 0.491 e. The predicted molar refractivity (Wildman–Crippen MR) is 128 cm³/mol. The molecule has 0 saturated carbocycles. The summed E-state index contributed by atoms with van der Waals surface area (Å²) in [6.07, 6.45) is 0.0387. The number of anilines is 1. The zero-order valence-electron chi connectivity index (χ0n) is 19.5. The number of aliphatic hydroxyl groups excluding tert-OH is 1. The molecule has 2 aliphatic rings. The molecule has 4 rings (SSSR count). The third-order valence-corrected chi connectivity index (χ3v) is 5.97. The molecule has 2 aromatic rings. The summed E-state index contributed by atoms with van der Waals surface area (Å²) in [5.74, 6) is 0.0812. The van der Waals surface area contributed by atoms with Gasteiger partial charge in [-0.15, -0.1) is 0 Å². The van der Waals surface area contributed by atoms with Gasteiger partial charge in [0.1, 0.15) is 11.4 Å². The van der Waals surface area contributed by atoms with Crippen LogP contribution in [-0.2, 0) is 9.59 Å². The van der Waals surface area contributed by atoms with Gasteiger partial charge in [0, 0.05) is 32.7 Å². The first-order valence-electron chi connectivity index (χ1n) is 11.4. The number of benzene rings is 2. The third-order valence-electron chi connectivity index (χ3n) is 5.97. The molecule has 1 saturated heterocycles. The molecule has 2 aliphatic heterocycles. The minimum Gasteiger partial charge on any atom is -0.491 e. The van der Waals surface area contributed by atoms with Crippen LogP contribution >= 0.6 is 0 Å². The smallest absolute Gasteiger partial charge is 0.282 e. The van der Waals surface area contributed by atoms with Gasteiger partial charge in [-0.2, -0.15) is 0 Å². The summed E-state index contributed by atoms with van der Waals surface area (Å²) < 4.78 is 5.70. The van der Waals surface area contributed by atoms with Gasteiger partial charge in [-0.1, -0.05) is 29.8 Å². The van der Waals surface area contributed by atoms with Gasteiger partial charge in [0.25, 0.3) is 11.8 Å². The van der Waals surface area contributed by atoms with E-state index >= 15 is 0 Å². The van der Waals surface area contributed by atoms with E-state index in [2.05, 4.69) is 4.90 Å². The van der Waals surface area contributed by atoms with Crippen LogP contribution in [0.5, 0.6) is 5.75 Å². The Morgan fingerprint density at radius 3 is 2.12 bits per heavy atom. The summed E-state index contributed by atoms with van der Waals surface area (Å²) in [6, 6.07) is 14.8. The van der Waals surface area contributed by atoms with Crippen LogP contribution in [0.4, 0.5) is 5.69 Å². The summed E-state index contributed by atoms with van der Waals surface area (Å²) in [4.78, 5) is 32.7. The lowest BCUT2D eigenvalue weighted by atomic mass is 10.0. The quantitative estimate of drug-likeness (QED) is 0.656. The van der Waals surface area contributed by atoms with Gasteiger partial charge >= 0.3 is 0 Å². The molecule has 1 N–H and O–H groups in total. The van der Waals surface area contributed by atoms with Crippen LogP contribution in [0.15, 0.2) is 54.2 Å². The van der Waals surface area contributed by atoms with Gasteiger partial charge in [0.2, 0.25) is 0 Å². The van der Waals surface area contributed by atoms with E-state index in [1.165, 1.54) is 4.90 Å². The molecule has 7 nitrogen and oxygen atoms in total. The number of imide groups is 1. The fraction of sp³-hybridized carbons (Fsp3) is 0.385. The van der Waals surface area contributed by atoms with Gasteiger partial charge in [0.05, 0.1) is 24.0 Å². The lowest BCUT2D eigenvalue weighted by molar-refractivity contribution is -0.120. The summed E-state index contributed by atoms with van der Waals surface area (Å²) in [5, 5.41) is 9.24. The monoisotopic (exact) mass is 449 g/mol. The Balaban J connectivity index is 1.68. The van der Waals surface area contributed by atoms with E-state index in [1.807, 2.05) is 49.9 Å². The second-order valence-electron chi connectivity index (χ2n) is 8.75. The SMILES string of the molecule is Cc1ccc(C2=C(N3CCN(CCO)CC3)C(=O)N(c3ccc(OC(C)C)cc3)C2=O)cc1. The molecule has 0 spiro atoms. The van der Waals surface area contributed by atoms with Crippen molar-refractivity contribution in [2.75, 3.05) is 44.2 Å². The van der Waals surface area contributed by atoms with Crippen LogP contribution in [0.3, 0.4) is 0 Å². The second-order valence-corrected chi connectivity index (χ2v) is 8.75. The van der Waals surface area contributed by atoms with E-state index in [1.54, 1.807) is 24.3 Å². The topological polar surface area (TPSA) is 73.3 Å². The number of amides is 2. The maximum Gasteiger partial charge on any atom is 0.282 e. The molecule has 174 valence electrons. The Morgan fingerprint density at radius 2 is 1.55 bits per heavy atom. The van der Waals surface area contributed by atoms with Crippen LogP contribution in [0, 0.1) is 6.92 Å². The lowest BCUT2D eigenvalue weighted by Crippen LogP contribution is -2.48. The highest BCUT2D eigenvalue weighted by atomic mass is 16.5. The maximum absolute atomic E-state index is 13.7. The first kappa shape index (κ1) is 23.0. The molecule has 7 heteroatoms. The molecule has 2 heterocycles. The van der Waals surface area contributed by atoms with Gasteiger partial charge < -0.3 is 14.7 Å². The van der Waals surface area contributed by atoms with Crippen molar-refractivity contribution in [2.24, 2.45) is 0 Å². The number of carbonyl (C=O) groups excluding carboxylic acids is 2. The van der Waals surface area contributed by atoms with E-state index in [0.717, 1.165) is 24.2 Å². The average Bonchev–Trinajstić information content (AvgIpc) is 3.05. The van der Waals surface area contributed by atoms with Crippen molar-refractivity contribution in [1.82, 2.24) is 9.80 Å². The van der Waals surface area contributed by atoms with Crippen LogP contribution < -0.4 is 9.64 Å². The number of β-amino-alcohol motifs (C(OH)–C–C–N with tert-alkyl or cyclic N) is 1. The normalized spacial score (nSPS) is 17.5. The van der Waals surface area contributed by atoms with Gasteiger partial charge in [-0.3, -0.25) is 14.5 Å². The number of nitrogens with zero attached hydrogens (tertiary/aromatic N) is 3. The highest BCUT2D eigenvalue weighted by Crippen LogP contribution is 2.35. The third kappa shape index (κ3) is 4.79. The Hall–Kier alpha value is -3.16. The lowest BCUT2D eigenvalue weighted by Gasteiger charge is -2.36. The average molecular weight is 450 g/mol. The number of aliphatic hydroxyl groups is 1. The first-order chi connectivity index (χ1) is 15.9. The second kappa shape index (κ2) is 9.77. The number of carbonyl (C=O) groups is 2. The number of piperazine rings is 1. The molecular weight excluding hydrogens is 418 g/mol. The Kier molecular flexibility index (Phi) is 6.81. The van der Waals surface area contributed by atoms with E-state index < -0.39 is 0 Å². The van der Waals surface area contributed by atoms with Crippen LogP contribution in [0.2, 0.25) is 0 Å². The summed E-state index contributed by atoms with van der Waals surface area (Å²) in [5.41, 5.74) is 3.26. The van der Waals surface area contributed by atoms with E-state index in [4.69, 9.17) is 4.74 Å². The van der Waals surface area contributed by atoms with Crippen LogP contribution in [-0.4, -0.2) is 72.2 Å². The molecule has 0 atom stereocenters. The number of aryl methyl sites for hydroxylation is 1. The van der Waals surface area contributed by atoms with Crippen molar-refractivity contribution in [3.63, 3.8) is 0 Å². The van der Waals surface area contributed by atoms with Crippen molar-refractivity contribution < 1.29 is 19.4 Å². The van der Waals surface area contributed by atoms with Crippen molar-refractivity contribution in [2.45, 2.75) is 26.9 Å². The molecule has 33 heavy (non-hydrogen) atoms. The van der Waals surface area contributed by atoms with E-state index in [-0.39, 0.29) is 24.5 Å². The number of ether oxygens (including phenoxy) is 1. The Labute approximate surface area is 194 Å².